The van der Waals surface area contributed by atoms with Crippen LogP contribution in [0.4, 0.5) is 4.79 Å². The van der Waals surface area contributed by atoms with Gasteiger partial charge in [0.2, 0.25) is 0 Å². The highest BCUT2D eigenvalue weighted by Crippen LogP contribution is 2.15. The first kappa shape index (κ1) is 17.0. The molecule has 0 aromatic heterocycles. The third-order valence-electron chi connectivity index (χ3n) is 3.10. The normalized spacial score (nSPS) is 12.4. The van der Waals surface area contributed by atoms with E-state index in [1.54, 1.807) is 36.9 Å². The lowest BCUT2D eigenvalue weighted by atomic mass is 10.1. The number of carbonyl (C=O) groups excluding carboxylic acids is 1. The molecule has 0 saturated carbocycles. The molecule has 0 aliphatic heterocycles. The second kappa shape index (κ2) is 7.09. The molecule has 5 nitrogen and oxygen atoms in total. The summed E-state index contributed by atoms with van der Waals surface area (Å²) >= 11 is 0. The first-order valence-electron chi connectivity index (χ1n) is 7.04. The van der Waals surface area contributed by atoms with E-state index in [0.29, 0.717) is 12.1 Å². The molecule has 0 spiro atoms. The highest BCUT2D eigenvalue weighted by Gasteiger charge is 2.22. The van der Waals surface area contributed by atoms with Gasteiger partial charge in [0.1, 0.15) is 0 Å². The summed E-state index contributed by atoms with van der Waals surface area (Å²) in [7, 11) is 0. The molecule has 0 fully saturated rings. The summed E-state index contributed by atoms with van der Waals surface area (Å²) in [6, 6.07) is 8.81. The molecule has 5 heteroatoms. The Labute approximate surface area is 126 Å². The van der Waals surface area contributed by atoms with Crippen molar-refractivity contribution in [1.29, 1.82) is 5.26 Å². The minimum Gasteiger partial charge on any atom is -0.389 e. The highest BCUT2D eigenvalue weighted by atomic mass is 16.3. The van der Waals surface area contributed by atoms with Crippen molar-refractivity contribution in [3.05, 3.63) is 35.4 Å². The van der Waals surface area contributed by atoms with Crippen LogP contribution in [0, 0.1) is 11.3 Å². The smallest absolute Gasteiger partial charge is 0.317 e. The molecule has 1 aromatic rings. The SMILES string of the molecule is CCN(CC(C)(C)O)C(=O)NC(C)c1cccc(C#N)c1. The summed E-state index contributed by atoms with van der Waals surface area (Å²) < 4.78 is 0. The first-order valence-corrected chi connectivity index (χ1v) is 7.04. The third kappa shape index (κ3) is 5.44. The maximum atomic E-state index is 12.2. The van der Waals surface area contributed by atoms with Gasteiger partial charge in [-0.05, 0) is 45.4 Å². The molecule has 1 aromatic carbocycles. The molecule has 0 radical (unpaired) electrons. The second-order valence-corrected chi connectivity index (χ2v) is 5.74. The Balaban J connectivity index is 2.74. The molecular weight excluding hydrogens is 266 g/mol. The number of rotatable bonds is 5. The Morgan fingerprint density at radius 3 is 2.71 bits per heavy atom. The van der Waals surface area contributed by atoms with Crippen LogP contribution in [0.15, 0.2) is 24.3 Å². The quantitative estimate of drug-likeness (QED) is 0.874. The predicted octanol–water partition coefficient (Wildman–Crippen LogP) is 2.42. The van der Waals surface area contributed by atoms with E-state index in [9.17, 15) is 9.90 Å². The number of benzene rings is 1. The fourth-order valence-electron chi connectivity index (χ4n) is 2.03. The third-order valence-corrected chi connectivity index (χ3v) is 3.10. The van der Waals surface area contributed by atoms with Crippen LogP contribution in [-0.4, -0.2) is 34.7 Å². The van der Waals surface area contributed by atoms with Crippen molar-refractivity contribution < 1.29 is 9.90 Å². The van der Waals surface area contributed by atoms with Crippen molar-refractivity contribution in [1.82, 2.24) is 10.2 Å². The molecule has 0 heterocycles. The molecule has 1 rings (SSSR count). The lowest BCUT2D eigenvalue weighted by Crippen LogP contribution is -2.47. The molecule has 0 aliphatic rings. The predicted molar refractivity (Wildman–Crippen MR) is 81.6 cm³/mol. The van der Waals surface area contributed by atoms with Crippen molar-refractivity contribution in [2.45, 2.75) is 39.3 Å². The van der Waals surface area contributed by atoms with Gasteiger partial charge in [-0.25, -0.2) is 4.79 Å². The van der Waals surface area contributed by atoms with E-state index in [1.165, 1.54) is 0 Å². The summed E-state index contributed by atoms with van der Waals surface area (Å²) in [5, 5.41) is 21.6. The van der Waals surface area contributed by atoms with Gasteiger partial charge in [0.05, 0.1) is 29.8 Å². The van der Waals surface area contributed by atoms with Crippen molar-refractivity contribution in [2.24, 2.45) is 0 Å². The van der Waals surface area contributed by atoms with E-state index in [4.69, 9.17) is 5.26 Å². The molecule has 1 unspecified atom stereocenters. The van der Waals surface area contributed by atoms with E-state index >= 15 is 0 Å². The maximum absolute atomic E-state index is 12.2. The number of nitrogens with one attached hydrogen (secondary N) is 1. The van der Waals surface area contributed by atoms with Gasteiger partial charge in [-0.2, -0.15) is 5.26 Å². The van der Waals surface area contributed by atoms with E-state index in [-0.39, 0.29) is 18.6 Å². The maximum Gasteiger partial charge on any atom is 0.317 e. The van der Waals surface area contributed by atoms with Crippen LogP contribution in [0.5, 0.6) is 0 Å². The molecule has 21 heavy (non-hydrogen) atoms. The average molecular weight is 289 g/mol. The average Bonchev–Trinajstić information content (AvgIpc) is 2.43. The molecular formula is C16H23N3O2. The van der Waals surface area contributed by atoms with E-state index in [0.717, 1.165) is 5.56 Å². The number of likely N-dealkylation sites (N-methyl/N-ethyl adjacent to an activating group) is 1. The Kier molecular flexibility index (Phi) is 5.74. The summed E-state index contributed by atoms with van der Waals surface area (Å²) in [5.41, 5.74) is 0.510. The fraction of sp³-hybridized carbons (Fsp3) is 0.500. The van der Waals surface area contributed by atoms with Crippen molar-refractivity contribution in [3.63, 3.8) is 0 Å². The number of hydrogen-bond acceptors (Lipinski definition) is 3. The second-order valence-electron chi connectivity index (χ2n) is 5.74. The number of amides is 2. The van der Waals surface area contributed by atoms with Gasteiger partial charge in [-0.3, -0.25) is 0 Å². The minimum absolute atomic E-state index is 0.207. The van der Waals surface area contributed by atoms with Gasteiger partial charge in [0.15, 0.2) is 0 Å². The Hall–Kier alpha value is -2.06. The lowest BCUT2D eigenvalue weighted by molar-refractivity contribution is 0.0476. The molecule has 0 aliphatic carbocycles. The largest absolute Gasteiger partial charge is 0.389 e. The summed E-state index contributed by atoms with van der Waals surface area (Å²) in [6.07, 6.45) is 0. The zero-order chi connectivity index (χ0) is 16.0. The van der Waals surface area contributed by atoms with Gasteiger partial charge in [-0.15, -0.1) is 0 Å². The van der Waals surface area contributed by atoms with Gasteiger partial charge in [-0.1, -0.05) is 12.1 Å². The zero-order valence-electron chi connectivity index (χ0n) is 13.1. The topological polar surface area (TPSA) is 76.4 Å². The highest BCUT2D eigenvalue weighted by molar-refractivity contribution is 5.74. The summed E-state index contributed by atoms with van der Waals surface area (Å²) in [5.74, 6) is 0. The van der Waals surface area contributed by atoms with Gasteiger partial charge < -0.3 is 15.3 Å². The zero-order valence-corrected chi connectivity index (χ0v) is 13.1. The molecule has 0 bridgehead atoms. The number of urea groups is 1. The molecule has 1 atom stereocenters. The Morgan fingerprint density at radius 1 is 1.52 bits per heavy atom. The van der Waals surface area contributed by atoms with Crippen LogP contribution in [-0.2, 0) is 0 Å². The number of carbonyl (C=O) groups is 1. The number of nitrogens with zero attached hydrogens (tertiary/aromatic N) is 2. The van der Waals surface area contributed by atoms with Crippen molar-refractivity contribution in [2.75, 3.05) is 13.1 Å². The van der Waals surface area contributed by atoms with Gasteiger partial charge >= 0.3 is 6.03 Å². The number of hydrogen-bond donors (Lipinski definition) is 2. The molecule has 0 saturated heterocycles. The van der Waals surface area contributed by atoms with Crippen LogP contribution in [0.2, 0.25) is 0 Å². The standard InChI is InChI=1S/C16H23N3O2/c1-5-19(11-16(3,4)21)15(20)18-12(2)14-8-6-7-13(9-14)10-17/h6-9,12,21H,5,11H2,1-4H3,(H,18,20). The van der Waals surface area contributed by atoms with Crippen LogP contribution < -0.4 is 5.32 Å². The molecule has 2 amide bonds. The minimum atomic E-state index is -0.933. The Morgan fingerprint density at radius 2 is 2.19 bits per heavy atom. The lowest BCUT2D eigenvalue weighted by Gasteiger charge is -2.29. The Bertz CT molecular complexity index is 529. The fourth-order valence-corrected chi connectivity index (χ4v) is 2.03. The number of nitriles is 1. The van der Waals surface area contributed by atoms with Gasteiger partial charge in [0.25, 0.3) is 0 Å². The monoisotopic (exact) mass is 289 g/mol. The summed E-state index contributed by atoms with van der Waals surface area (Å²) in [6.45, 7) is 7.85. The number of aliphatic hydroxyl groups is 1. The summed E-state index contributed by atoms with van der Waals surface area (Å²) in [4.78, 5) is 13.8. The van der Waals surface area contributed by atoms with Crippen LogP contribution >= 0.6 is 0 Å². The van der Waals surface area contributed by atoms with E-state index < -0.39 is 5.60 Å². The van der Waals surface area contributed by atoms with Crippen LogP contribution in [0.25, 0.3) is 0 Å². The van der Waals surface area contributed by atoms with Crippen LogP contribution in [0.3, 0.4) is 0 Å². The van der Waals surface area contributed by atoms with Crippen molar-refractivity contribution >= 4 is 6.03 Å². The van der Waals surface area contributed by atoms with E-state index in [2.05, 4.69) is 11.4 Å². The van der Waals surface area contributed by atoms with E-state index in [1.807, 2.05) is 19.9 Å². The van der Waals surface area contributed by atoms with Crippen LogP contribution in [0.1, 0.15) is 44.9 Å². The van der Waals surface area contributed by atoms with Crippen molar-refractivity contribution in [3.8, 4) is 6.07 Å². The molecule has 114 valence electrons. The molecule has 2 N–H and O–H groups in total. The first-order chi connectivity index (χ1) is 9.76. The van der Waals surface area contributed by atoms with Gasteiger partial charge in [0, 0.05) is 6.54 Å².